The zero-order chi connectivity index (χ0) is 13.2. The van der Waals surface area contributed by atoms with E-state index in [0.29, 0.717) is 11.7 Å². The molecule has 3 fully saturated rings. The second-order valence-corrected chi connectivity index (χ2v) is 6.99. The quantitative estimate of drug-likeness (QED) is 0.763. The predicted molar refractivity (Wildman–Crippen MR) is 77.2 cm³/mol. The Balaban J connectivity index is 1.53. The van der Waals surface area contributed by atoms with Crippen molar-refractivity contribution in [3.8, 4) is 0 Å². The number of Topliss-reactive ketones (excluding diaryl/α,β-unsaturated/α-hetero) is 1. The number of ketones is 1. The van der Waals surface area contributed by atoms with E-state index in [2.05, 4.69) is 16.7 Å². The molecule has 1 saturated carbocycles. The molecule has 3 rings (SSSR count). The highest BCUT2D eigenvalue weighted by Crippen LogP contribution is 2.28. The van der Waals surface area contributed by atoms with Gasteiger partial charge in [-0.2, -0.15) is 0 Å². The maximum atomic E-state index is 12.1. The minimum atomic E-state index is 0.332. The summed E-state index contributed by atoms with van der Waals surface area (Å²) in [4.78, 5) is 17.3. The van der Waals surface area contributed by atoms with Crippen molar-refractivity contribution in [3.05, 3.63) is 0 Å². The molecule has 108 valence electrons. The Bertz CT molecular complexity index is 331. The number of piperazine rings is 1. The predicted octanol–water partition coefficient (Wildman–Crippen LogP) is 2.16. The van der Waals surface area contributed by atoms with Crippen LogP contribution in [0, 0.1) is 11.8 Å². The number of hydrogen-bond acceptors (Lipinski definition) is 3. The summed E-state index contributed by atoms with van der Waals surface area (Å²) in [5.74, 6) is 1.61. The summed E-state index contributed by atoms with van der Waals surface area (Å²) in [7, 11) is 0. The van der Waals surface area contributed by atoms with Gasteiger partial charge in [-0.15, -0.1) is 0 Å². The van der Waals surface area contributed by atoms with Gasteiger partial charge in [0.2, 0.25) is 0 Å². The Morgan fingerprint density at radius 1 is 1.16 bits per heavy atom. The number of nitrogens with zero attached hydrogens (tertiary/aromatic N) is 2. The first-order valence-electron chi connectivity index (χ1n) is 8.21. The van der Waals surface area contributed by atoms with Gasteiger partial charge in [-0.05, 0) is 38.1 Å². The minimum absolute atomic E-state index is 0.332. The lowest BCUT2D eigenvalue weighted by Crippen LogP contribution is -2.56. The highest BCUT2D eigenvalue weighted by atomic mass is 16.1. The van der Waals surface area contributed by atoms with Crippen LogP contribution in [0.1, 0.15) is 45.4 Å². The van der Waals surface area contributed by atoms with Gasteiger partial charge in [-0.25, -0.2) is 0 Å². The lowest BCUT2D eigenvalue weighted by Gasteiger charge is -2.45. The Morgan fingerprint density at radius 2 is 2.05 bits per heavy atom. The minimum Gasteiger partial charge on any atom is -0.300 e. The molecule has 0 aromatic carbocycles. The second kappa shape index (κ2) is 5.92. The Labute approximate surface area is 117 Å². The van der Waals surface area contributed by atoms with Gasteiger partial charge in [0.15, 0.2) is 0 Å². The first-order chi connectivity index (χ1) is 9.22. The normalized spacial score (nSPS) is 38.2. The Kier molecular flexibility index (Phi) is 4.23. The van der Waals surface area contributed by atoms with Crippen molar-refractivity contribution >= 4 is 5.78 Å². The summed E-state index contributed by atoms with van der Waals surface area (Å²) in [5.41, 5.74) is 0. The van der Waals surface area contributed by atoms with E-state index in [0.717, 1.165) is 37.8 Å². The van der Waals surface area contributed by atoms with Crippen LogP contribution >= 0.6 is 0 Å². The van der Waals surface area contributed by atoms with Gasteiger partial charge in [-0.1, -0.05) is 13.3 Å². The van der Waals surface area contributed by atoms with Gasteiger partial charge in [0.05, 0.1) is 0 Å². The van der Waals surface area contributed by atoms with Crippen LogP contribution in [0.4, 0.5) is 0 Å². The summed E-state index contributed by atoms with van der Waals surface area (Å²) in [6.07, 6.45) is 7.22. The van der Waals surface area contributed by atoms with Crippen molar-refractivity contribution in [2.75, 3.05) is 32.7 Å². The molecule has 2 aliphatic heterocycles. The molecule has 0 radical (unpaired) electrons. The maximum absolute atomic E-state index is 12.1. The standard InChI is InChI=1S/C16H28N2O/c1-13-5-6-16(19)14(10-13)11-17-8-9-18-7-3-2-4-15(18)12-17/h13-15H,2-12H2,1H3. The largest absolute Gasteiger partial charge is 0.300 e. The summed E-state index contributed by atoms with van der Waals surface area (Å²) in [5, 5.41) is 0. The molecule has 0 aromatic heterocycles. The van der Waals surface area contributed by atoms with E-state index in [9.17, 15) is 4.79 Å². The number of carbonyl (C=O) groups excluding carboxylic acids is 1. The van der Waals surface area contributed by atoms with E-state index in [-0.39, 0.29) is 0 Å². The number of rotatable bonds is 2. The molecule has 2 saturated heterocycles. The lowest BCUT2D eigenvalue weighted by molar-refractivity contribution is -0.126. The second-order valence-electron chi connectivity index (χ2n) is 6.99. The van der Waals surface area contributed by atoms with Crippen LogP contribution in [0.25, 0.3) is 0 Å². The van der Waals surface area contributed by atoms with Crippen molar-refractivity contribution in [2.45, 2.75) is 51.5 Å². The summed E-state index contributed by atoms with van der Waals surface area (Å²) >= 11 is 0. The average molecular weight is 264 g/mol. The topological polar surface area (TPSA) is 23.6 Å². The van der Waals surface area contributed by atoms with E-state index in [1.165, 1.54) is 45.4 Å². The van der Waals surface area contributed by atoms with Gasteiger partial charge >= 0.3 is 0 Å². The van der Waals surface area contributed by atoms with E-state index in [1.54, 1.807) is 0 Å². The van der Waals surface area contributed by atoms with Crippen LogP contribution in [-0.2, 0) is 4.79 Å². The first kappa shape index (κ1) is 13.6. The van der Waals surface area contributed by atoms with Crippen LogP contribution in [0.3, 0.4) is 0 Å². The van der Waals surface area contributed by atoms with Crippen LogP contribution in [0.5, 0.6) is 0 Å². The maximum Gasteiger partial charge on any atom is 0.137 e. The fraction of sp³-hybridized carbons (Fsp3) is 0.938. The molecule has 1 aliphatic carbocycles. The Morgan fingerprint density at radius 3 is 2.95 bits per heavy atom. The summed E-state index contributed by atoms with van der Waals surface area (Å²) in [6.45, 7) is 8.25. The molecule has 2 heterocycles. The van der Waals surface area contributed by atoms with Crippen LogP contribution in [0.2, 0.25) is 0 Å². The molecule has 0 spiro atoms. The molecular formula is C16H28N2O. The zero-order valence-corrected chi connectivity index (χ0v) is 12.3. The molecule has 3 atom stereocenters. The number of carbonyl (C=O) groups is 1. The lowest BCUT2D eigenvalue weighted by atomic mass is 9.81. The van der Waals surface area contributed by atoms with Gasteiger partial charge in [0.1, 0.15) is 5.78 Å². The summed E-state index contributed by atoms with van der Waals surface area (Å²) in [6, 6.07) is 0.776. The monoisotopic (exact) mass is 264 g/mol. The molecule has 0 amide bonds. The van der Waals surface area contributed by atoms with Crippen molar-refractivity contribution in [1.29, 1.82) is 0 Å². The summed E-state index contributed by atoms with van der Waals surface area (Å²) < 4.78 is 0. The van der Waals surface area contributed by atoms with Crippen molar-refractivity contribution in [1.82, 2.24) is 9.80 Å². The highest BCUT2D eigenvalue weighted by Gasteiger charge is 2.32. The molecule has 3 heteroatoms. The van der Waals surface area contributed by atoms with Crippen LogP contribution in [-0.4, -0.2) is 54.3 Å². The Hall–Kier alpha value is -0.410. The third kappa shape index (κ3) is 3.19. The van der Waals surface area contributed by atoms with E-state index >= 15 is 0 Å². The fourth-order valence-electron chi connectivity index (χ4n) is 4.20. The van der Waals surface area contributed by atoms with Crippen molar-refractivity contribution in [3.63, 3.8) is 0 Å². The van der Waals surface area contributed by atoms with Gasteiger partial charge in [0, 0.05) is 44.6 Å². The molecule has 0 N–H and O–H groups in total. The van der Waals surface area contributed by atoms with E-state index in [1.807, 2.05) is 0 Å². The molecular weight excluding hydrogens is 236 g/mol. The van der Waals surface area contributed by atoms with Crippen molar-refractivity contribution in [2.24, 2.45) is 11.8 Å². The van der Waals surface area contributed by atoms with Crippen LogP contribution in [0.15, 0.2) is 0 Å². The molecule has 0 aromatic rings. The fourth-order valence-corrected chi connectivity index (χ4v) is 4.20. The molecule has 0 bridgehead atoms. The first-order valence-corrected chi connectivity index (χ1v) is 8.21. The molecule has 3 unspecified atom stereocenters. The number of hydrogen-bond donors (Lipinski definition) is 0. The number of fused-ring (bicyclic) bond motifs is 1. The third-order valence-corrected chi connectivity index (χ3v) is 5.43. The third-order valence-electron chi connectivity index (χ3n) is 5.43. The molecule has 3 nitrogen and oxygen atoms in total. The van der Waals surface area contributed by atoms with Gasteiger partial charge in [0.25, 0.3) is 0 Å². The molecule has 19 heavy (non-hydrogen) atoms. The zero-order valence-electron chi connectivity index (χ0n) is 12.3. The van der Waals surface area contributed by atoms with E-state index in [4.69, 9.17) is 0 Å². The SMILES string of the molecule is CC1CCC(=O)C(CN2CCN3CCCCC3C2)C1. The van der Waals surface area contributed by atoms with Crippen molar-refractivity contribution < 1.29 is 4.79 Å². The van der Waals surface area contributed by atoms with Gasteiger partial charge in [-0.3, -0.25) is 14.6 Å². The van der Waals surface area contributed by atoms with Gasteiger partial charge < -0.3 is 0 Å². The smallest absolute Gasteiger partial charge is 0.137 e. The average Bonchev–Trinajstić information content (AvgIpc) is 2.43. The highest BCUT2D eigenvalue weighted by molar-refractivity contribution is 5.81. The molecule has 3 aliphatic rings. The number of piperidine rings is 1. The van der Waals surface area contributed by atoms with Crippen LogP contribution < -0.4 is 0 Å². The van der Waals surface area contributed by atoms with E-state index < -0.39 is 0 Å².